The van der Waals surface area contributed by atoms with Gasteiger partial charge < -0.3 is 10.2 Å². The third-order valence-corrected chi connectivity index (χ3v) is 4.13. The number of hydrogen-bond acceptors (Lipinski definition) is 3. The van der Waals surface area contributed by atoms with Gasteiger partial charge in [0, 0.05) is 31.4 Å². The Morgan fingerprint density at radius 2 is 2.06 bits per heavy atom. The molecule has 0 aromatic heterocycles. The van der Waals surface area contributed by atoms with Crippen LogP contribution in [0.2, 0.25) is 0 Å². The second-order valence-corrected chi connectivity index (χ2v) is 5.66. The number of nitrogens with one attached hydrogen (secondary N) is 1. The van der Waals surface area contributed by atoms with Crippen molar-refractivity contribution < 1.29 is 0 Å². The van der Waals surface area contributed by atoms with E-state index < -0.39 is 0 Å². The van der Waals surface area contributed by atoms with Crippen LogP contribution >= 0.6 is 0 Å². The van der Waals surface area contributed by atoms with Gasteiger partial charge in [0.05, 0.1) is 0 Å². The topological polar surface area (TPSA) is 18.5 Å². The normalized spacial score (nSPS) is 25.5. The van der Waals surface area contributed by atoms with E-state index in [9.17, 15) is 0 Å². The molecule has 3 rings (SSSR count). The molecule has 1 aromatic carbocycles. The van der Waals surface area contributed by atoms with Crippen molar-refractivity contribution in [2.75, 3.05) is 45.1 Å². The van der Waals surface area contributed by atoms with Crippen LogP contribution in [0.3, 0.4) is 0 Å². The van der Waals surface area contributed by atoms with Gasteiger partial charge in [-0.2, -0.15) is 0 Å². The molecule has 3 heteroatoms. The van der Waals surface area contributed by atoms with Crippen molar-refractivity contribution >= 4 is 5.69 Å². The number of fused-ring (bicyclic) bond motifs is 1. The molecule has 0 aliphatic carbocycles. The number of rotatable bonds is 2. The van der Waals surface area contributed by atoms with E-state index in [-0.39, 0.29) is 0 Å². The van der Waals surface area contributed by atoms with Crippen molar-refractivity contribution in [3.05, 3.63) is 29.8 Å². The number of hydrogen-bond donors (Lipinski definition) is 1. The summed E-state index contributed by atoms with van der Waals surface area (Å²) in [6.07, 6.45) is 2.48. The minimum atomic E-state index is 0.603. The maximum absolute atomic E-state index is 3.66. The predicted octanol–water partition coefficient (Wildman–Crippen LogP) is 1.66. The van der Waals surface area contributed by atoms with Gasteiger partial charge in [-0.1, -0.05) is 18.2 Å². The zero-order chi connectivity index (χ0) is 12.4. The fourth-order valence-electron chi connectivity index (χ4n) is 3.08. The lowest BCUT2D eigenvalue weighted by Crippen LogP contribution is -2.37. The van der Waals surface area contributed by atoms with Crippen molar-refractivity contribution in [2.24, 2.45) is 0 Å². The van der Waals surface area contributed by atoms with Crippen molar-refractivity contribution in [1.82, 2.24) is 9.80 Å². The lowest BCUT2D eigenvalue weighted by atomic mass is 10.1. The molecule has 3 nitrogen and oxygen atoms in total. The van der Waals surface area contributed by atoms with E-state index in [4.69, 9.17) is 0 Å². The summed E-state index contributed by atoms with van der Waals surface area (Å²) in [6.45, 7) is 6.10. The van der Waals surface area contributed by atoms with Crippen molar-refractivity contribution in [3.63, 3.8) is 0 Å². The molecule has 1 atom stereocenters. The van der Waals surface area contributed by atoms with Crippen LogP contribution in [0.25, 0.3) is 0 Å². The average molecular weight is 245 g/mol. The second-order valence-electron chi connectivity index (χ2n) is 5.66. The van der Waals surface area contributed by atoms with Gasteiger partial charge in [0.15, 0.2) is 0 Å². The molecule has 0 amide bonds. The Morgan fingerprint density at radius 3 is 2.94 bits per heavy atom. The predicted molar refractivity (Wildman–Crippen MR) is 76.1 cm³/mol. The van der Waals surface area contributed by atoms with E-state index in [1.165, 1.54) is 56.8 Å². The molecule has 1 saturated heterocycles. The highest BCUT2D eigenvalue weighted by atomic mass is 15.2. The van der Waals surface area contributed by atoms with E-state index in [1.54, 1.807) is 0 Å². The summed E-state index contributed by atoms with van der Waals surface area (Å²) in [7, 11) is 2.23. The maximum Gasteiger partial charge on any atom is 0.0429 e. The minimum Gasteiger partial charge on any atom is -0.380 e. The fraction of sp³-hybridized carbons (Fsp3) is 0.600. The average Bonchev–Trinajstić information content (AvgIpc) is 2.66. The molecule has 0 radical (unpaired) electrons. The molecule has 0 saturated carbocycles. The highest BCUT2D eigenvalue weighted by Crippen LogP contribution is 2.25. The number of likely N-dealkylation sites (N-methyl/N-ethyl adjacent to an activating group) is 1. The SMILES string of the molecule is CN1CCCN(C[C@H]2Cc3ccccc3N2)CC1. The molecule has 2 heterocycles. The molecule has 0 bridgehead atoms. The van der Waals surface area contributed by atoms with Crippen molar-refractivity contribution in [3.8, 4) is 0 Å². The summed E-state index contributed by atoms with van der Waals surface area (Å²) in [5.41, 5.74) is 2.82. The molecule has 2 aliphatic heterocycles. The molecular formula is C15H23N3. The van der Waals surface area contributed by atoms with Crippen LogP contribution in [0, 0.1) is 0 Å². The Kier molecular flexibility index (Phi) is 3.52. The molecule has 18 heavy (non-hydrogen) atoms. The van der Waals surface area contributed by atoms with Gasteiger partial charge in [0.2, 0.25) is 0 Å². The van der Waals surface area contributed by atoms with Gasteiger partial charge in [-0.25, -0.2) is 0 Å². The van der Waals surface area contributed by atoms with Crippen LogP contribution in [0.5, 0.6) is 0 Å². The van der Waals surface area contributed by atoms with E-state index in [0.29, 0.717) is 6.04 Å². The first kappa shape index (κ1) is 12.0. The first-order valence-electron chi connectivity index (χ1n) is 7.06. The maximum atomic E-state index is 3.66. The molecule has 1 aromatic rings. The summed E-state index contributed by atoms with van der Waals surface area (Å²) in [5, 5.41) is 3.66. The lowest BCUT2D eigenvalue weighted by molar-refractivity contribution is 0.267. The first-order valence-corrected chi connectivity index (χ1v) is 7.06. The van der Waals surface area contributed by atoms with Crippen LogP contribution in [0.1, 0.15) is 12.0 Å². The summed E-state index contributed by atoms with van der Waals surface area (Å²) in [6, 6.07) is 9.31. The largest absolute Gasteiger partial charge is 0.380 e. The van der Waals surface area contributed by atoms with Crippen LogP contribution in [0.15, 0.2) is 24.3 Å². The van der Waals surface area contributed by atoms with E-state index in [2.05, 4.69) is 46.4 Å². The standard InChI is InChI=1S/C15H23N3/c1-17-7-4-8-18(10-9-17)12-14-11-13-5-2-3-6-15(13)16-14/h2-3,5-6,14,16H,4,7-12H2,1H3/t14-/m1/s1. The third kappa shape index (κ3) is 2.68. The fourth-order valence-corrected chi connectivity index (χ4v) is 3.08. The third-order valence-electron chi connectivity index (χ3n) is 4.13. The number of nitrogens with zero attached hydrogens (tertiary/aromatic N) is 2. The summed E-state index contributed by atoms with van der Waals surface area (Å²) in [4.78, 5) is 5.06. The number of anilines is 1. The zero-order valence-electron chi connectivity index (χ0n) is 11.2. The molecular weight excluding hydrogens is 222 g/mol. The number of benzene rings is 1. The van der Waals surface area contributed by atoms with Crippen LogP contribution in [-0.2, 0) is 6.42 Å². The Labute approximate surface area is 110 Å². The smallest absolute Gasteiger partial charge is 0.0429 e. The van der Waals surface area contributed by atoms with E-state index >= 15 is 0 Å². The quantitative estimate of drug-likeness (QED) is 0.855. The monoisotopic (exact) mass is 245 g/mol. The van der Waals surface area contributed by atoms with E-state index in [0.717, 1.165) is 0 Å². The molecule has 1 N–H and O–H groups in total. The van der Waals surface area contributed by atoms with Crippen molar-refractivity contribution in [1.29, 1.82) is 0 Å². The van der Waals surface area contributed by atoms with Crippen LogP contribution in [-0.4, -0.2) is 55.6 Å². The first-order chi connectivity index (χ1) is 8.81. The molecule has 1 fully saturated rings. The summed E-state index contributed by atoms with van der Waals surface area (Å²) in [5.74, 6) is 0. The second kappa shape index (κ2) is 5.29. The van der Waals surface area contributed by atoms with Crippen LogP contribution in [0.4, 0.5) is 5.69 Å². The van der Waals surface area contributed by atoms with Gasteiger partial charge in [0.25, 0.3) is 0 Å². The minimum absolute atomic E-state index is 0.603. The van der Waals surface area contributed by atoms with Gasteiger partial charge >= 0.3 is 0 Å². The molecule has 0 spiro atoms. The molecule has 2 aliphatic rings. The van der Waals surface area contributed by atoms with Crippen molar-refractivity contribution in [2.45, 2.75) is 18.9 Å². The number of para-hydroxylation sites is 1. The Bertz CT molecular complexity index is 379. The summed E-state index contributed by atoms with van der Waals surface area (Å²) >= 11 is 0. The van der Waals surface area contributed by atoms with Gasteiger partial charge in [-0.15, -0.1) is 0 Å². The Balaban J connectivity index is 1.56. The van der Waals surface area contributed by atoms with Gasteiger partial charge in [-0.05, 0) is 44.6 Å². The molecule has 0 unspecified atom stereocenters. The van der Waals surface area contributed by atoms with E-state index in [1.807, 2.05) is 0 Å². The Hall–Kier alpha value is -1.06. The zero-order valence-corrected chi connectivity index (χ0v) is 11.2. The Morgan fingerprint density at radius 1 is 1.17 bits per heavy atom. The highest BCUT2D eigenvalue weighted by Gasteiger charge is 2.23. The van der Waals surface area contributed by atoms with Crippen LogP contribution < -0.4 is 5.32 Å². The van der Waals surface area contributed by atoms with Gasteiger partial charge in [0.1, 0.15) is 0 Å². The molecule has 98 valence electrons. The summed E-state index contributed by atoms with van der Waals surface area (Å²) < 4.78 is 0. The lowest BCUT2D eigenvalue weighted by Gasteiger charge is -2.24. The highest BCUT2D eigenvalue weighted by molar-refractivity contribution is 5.56. The van der Waals surface area contributed by atoms with Gasteiger partial charge in [-0.3, -0.25) is 4.90 Å².